The molecule has 1 aromatic rings. The highest BCUT2D eigenvalue weighted by Gasteiger charge is 2.30. The van der Waals surface area contributed by atoms with Crippen molar-refractivity contribution in [1.29, 1.82) is 0 Å². The van der Waals surface area contributed by atoms with Gasteiger partial charge < -0.3 is 14.0 Å². The third kappa shape index (κ3) is 3.22. The Hall–Kier alpha value is -0.560. The van der Waals surface area contributed by atoms with Gasteiger partial charge in [0, 0.05) is 46.5 Å². The molecule has 0 aliphatic carbocycles. The molecule has 0 saturated carbocycles. The Labute approximate surface area is 106 Å². The molecule has 0 N–H and O–H groups in total. The summed E-state index contributed by atoms with van der Waals surface area (Å²) >= 11 is 1.70. The fourth-order valence-corrected chi connectivity index (χ4v) is 3.14. The maximum atomic E-state index is 5.31. The van der Waals surface area contributed by atoms with Crippen molar-refractivity contribution in [3.05, 3.63) is 12.5 Å². The van der Waals surface area contributed by atoms with Crippen LogP contribution in [0, 0.1) is 5.92 Å². The van der Waals surface area contributed by atoms with E-state index >= 15 is 0 Å². The van der Waals surface area contributed by atoms with Crippen molar-refractivity contribution < 1.29 is 9.47 Å². The first-order valence-corrected chi connectivity index (χ1v) is 6.46. The van der Waals surface area contributed by atoms with E-state index in [4.69, 9.17) is 9.47 Å². The van der Waals surface area contributed by atoms with Crippen molar-refractivity contribution in [3.63, 3.8) is 0 Å². The molecule has 2 rings (SSSR count). The van der Waals surface area contributed by atoms with E-state index in [1.807, 2.05) is 24.1 Å². The fraction of sp³-hybridized carbons (Fsp3) is 0.727. The fourth-order valence-electron chi connectivity index (χ4n) is 2.11. The normalized spacial score (nSPS) is 21.5. The summed E-state index contributed by atoms with van der Waals surface area (Å²) in [4.78, 5) is 4.31. The minimum atomic E-state index is -0.0932. The molecule has 1 aliphatic rings. The van der Waals surface area contributed by atoms with Crippen LogP contribution in [0.1, 0.15) is 6.42 Å². The number of ether oxygens (including phenoxy) is 2. The molecule has 1 fully saturated rings. The van der Waals surface area contributed by atoms with E-state index in [-0.39, 0.29) is 6.29 Å². The lowest BCUT2D eigenvalue weighted by atomic mass is 10.1. The predicted octanol–water partition coefficient (Wildman–Crippen LogP) is 1.37. The van der Waals surface area contributed by atoms with Crippen LogP contribution < -0.4 is 0 Å². The van der Waals surface area contributed by atoms with Gasteiger partial charge in [0.25, 0.3) is 0 Å². The topological polar surface area (TPSA) is 39.5 Å². The molecule has 1 aromatic heterocycles. The highest BCUT2D eigenvalue weighted by atomic mass is 32.2. The Morgan fingerprint density at radius 2 is 2.24 bits per heavy atom. The van der Waals surface area contributed by atoms with Crippen LogP contribution in [0.3, 0.4) is 0 Å². The van der Waals surface area contributed by atoms with E-state index in [0.717, 1.165) is 24.5 Å². The lowest BCUT2D eigenvalue weighted by Crippen LogP contribution is -2.26. The summed E-state index contributed by atoms with van der Waals surface area (Å²) in [5.74, 6) is 0.446. The van der Waals surface area contributed by atoms with Crippen LogP contribution >= 0.6 is 11.9 Å². The van der Waals surface area contributed by atoms with Crippen molar-refractivity contribution in [1.82, 2.24) is 13.9 Å². The van der Waals surface area contributed by atoms with Crippen LogP contribution in [0.25, 0.3) is 0 Å². The second-order valence-electron chi connectivity index (χ2n) is 4.25. The number of methoxy groups -OCH3 is 2. The summed E-state index contributed by atoms with van der Waals surface area (Å²) in [5.41, 5.74) is 0. The molecule has 0 aromatic carbocycles. The van der Waals surface area contributed by atoms with Crippen molar-refractivity contribution >= 4 is 11.9 Å². The zero-order valence-corrected chi connectivity index (χ0v) is 11.3. The lowest BCUT2D eigenvalue weighted by Gasteiger charge is -2.20. The van der Waals surface area contributed by atoms with Gasteiger partial charge in [-0.05, 0) is 18.4 Å². The zero-order valence-electron chi connectivity index (χ0n) is 10.5. The van der Waals surface area contributed by atoms with Crippen LogP contribution in [0.15, 0.2) is 17.6 Å². The average molecular weight is 257 g/mol. The third-order valence-electron chi connectivity index (χ3n) is 2.94. The summed E-state index contributed by atoms with van der Waals surface area (Å²) < 4.78 is 14.9. The molecule has 1 aliphatic heterocycles. The molecule has 2 heterocycles. The first-order chi connectivity index (χ1) is 8.22. The van der Waals surface area contributed by atoms with Crippen molar-refractivity contribution in [2.45, 2.75) is 17.7 Å². The lowest BCUT2D eigenvalue weighted by molar-refractivity contribution is -0.133. The number of rotatable bonds is 5. The molecule has 1 saturated heterocycles. The number of aromatic nitrogens is 2. The van der Waals surface area contributed by atoms with Crippen LogP contribution in [0.4, 0.5) is 0 Å². The molecular formula is C11H19N3O2S. The summed E-state index contributed by atoms with van der Waals surface area (Å²) in [6, 6.07) is 0. The van der Waals surface area contributed by atoms with Crippen molar-refractivity contribution in [2.75, 3.05) is 27.3 Å². The van der Waals surface area contributed by atoms with Gasteiger partial charge in [0.05, 0.1) is 6.33 Å². The van der Waals surface area contributed by atoms with Crippen molar-refractivity contribution in [2.24, 2.45) is 13.0 Å². The smallest absolute Gasteiger partial charge is 0.160 e. The Kier molecular flexibility index (Phi) is 4.44. The third-order valence-corrected chi connectivity index (χ3v) is 3.93. The van der Waals surface area contributed by atoms with E-state index in [1.165, 1.54) is 0 Å². The molecular weight excluding hydrogens is 238 g/mol. The summed E-state index contributed by atoms with van der Waals surface area (Å²) in [6.45, 7) is 2.03. The number of hydrogen-bond acceptors (Lipinski definition) is 5. The van der Waals surface area contributed by atoms with E-state index in [1.54, 1.807) is 26.2 Å². The summed E-state index contributed by atoms with van der Waals surface area (Å²) in [5, 5.41) is 1.04. The minimum Gasteiger partial charge on any atom is -0.356 e. The van der Waals surface area contributed by atoms with Crippen LogP contribution in [0.5, 0.6) is 0 Å². The predicted molar refractivity (Wildman–Crippen MR) is 66.6 cm³/mol. The van der Waals surface area contributed by atoms with E-state index in [0.29, 0.717) is 5.92 Å². The quantitative estimate of drug-likeness (QED) is 0.588. The van der Waals surface area contributed by atoms with Gasteiger partial charge in [0.2, 0.25) is 0 Å². The van der Waals surface area contributed by atoms with Crippen LogP contribution in [-0.4, -0.2) is 47.5 Å². The molecule has 0 amide bonds. The first kappa shape index (κ1) is 12.9. The second-order valence-corrected chi connectivity index (χ2v) is 5.36. The van der Waals surface area contributed by atoms with Gasteiger partial charge in [-0.15, -0.1) is 0 Å². The second kappa shape index (κ2) is 5.86. The Balaban J connectivity index is 1.85. The SMILES string of the molecule is COC(OC)[C@H]1CCN(Sc2cn(C)cn2)C1. The van der Waals surface area contributed by atoms with Crippen LogP contribution in [-0.2, 0) is 16.5 Å². The molecule has 96 valence electrons. The van der Waals surface area contributed by atoms with E-state index in [2.05, 4.69) is 9.29 Å². The Morgan fingerprint density at radius 1 is 1.47 bits per heavy atom. The molecule has 5 nitrogen and oxygen atoms in total. The van der Waals surface area contributed by atoms with E-state index < -0.39 is 0 Å². The van der Waals surface area contributed by atoms with Gasteiger partial charge in [-0.2, -0.15) is 0 Å². The number of aryl methyl sites for hydroxylation is 1. The van der Waals surface area contributed by atoms with Gasteiger partial charge in [-0.3, -0.25) is 0 Å². The maximum absolute atomic E-state index is 5.31. The Morgan fingerprint density at radius 3 is 2.82 bits per heavy atom. The van der Waals surface area contributed by atoms with E-state index in [9.17, 15) is 0 Å². The van der Waals surface area contributed by atoms with Gasteiger partial charge >= 0.3 is 0 Å². The summed E-state index contributed by atoms with van der Waals surface area (Å²) in [7, 11) is 5.38. The monoisotopic (exact) mass is 257 g/mol. The number of nitrogens with zero attached hydrogens (tertiary/aromatic N) is 3. The average Bonchev–Trinajstić information content (AvgIpc) is 2.91. The molecule has 17 heavy (non-hydrogen) atoms. The molecule has 0 unspecified atom stereocenters. The zero-order chi connectivity index (χ0) is 12.3. The molecule has 0 bridgehead atoms. The number of hydrogen-bond donors (Lipinski definition) is 0. The number of imidazole rings is 1. The van der Waals surface area contributed by atoms with Gasteiger partial charge in [0.1, 0.15) is 5.03 Å². The first-order valence-electron chi connectivity index (χ1n) is 5.69. The standard InChI is InChI=1S/C11H19N3O2S/c1-13-7-10(12-8-13)17-14-5-4-9(6-14)11(15-2)16-3/h7-9,11H,4-6H2,1-3H3/t9-/m0/s1. The van der Waals surface area contributed by atoms with Crippen molar-refractivity contribution in [3.8, 4) is 0 Å². The molecule has 1 atom stereocenters. The molecule has 0 spiro atoms. The highest BCUT2D eigenvalue weighted by molar-refractivity contribution is 7.97. The summed E-state index contributed by atoms with van der Waals surface area (Å²) in [6.07, 6.45) is 4.86. The Bertz CT molecular complexity index is 354. The van der Waals surface area contributed by atoms with Gasteiger partial charge in [-0.25, -0.2) is 9.29 Å². The van der Waals surface area contributed by atoms with Gasteiger partial charge in [-0.1, -0.05) is 0 Å². The molecule has 6 heteroatoms. The molecule has 0 radical (unpaired) electrons. The highest BCUT2D eigenvalue weighted by Crippen LogP contribution is 2.30. The minimum absolute atomic E-state index is 0.0932. The largest absolute Gasteiger partial charge is 0.356 e. The maximum Gasteiger partial charge on any atom is 0.160 e. The van der Waals surface area contributed by atoms with Crippen LogP contribution in [0.2, 0.25) is 0 Å². The van der Waals surface area contributed by atoms with Gasteiger partial charge in [0.15, 0.2) is 6.29 Å².